The predicted molar refractivity (Wildman–Crippen MR) is 119 cm³/mol. The van der Waals surface area contributed by atoms with E-state index in [1.54, 1.807) is 18.3 Å². The maximum absolute atomic E-state index is 12.0. The number of nitrogens with zero attached hydrogens (tertiary/aromatic N) is 1. The summed E-state index contributed by atoms with van der Waals surface area (Å²) in [5.74, 6) is 1.71. The van der Waals surface area contributed by atoms with Crippen molar-refractivity contribution in [3.8, 4) is 16.5 Å². The van der Waals surface area contributed by atoms with Crippen molar-refractivity contribution in [1.29, 1.82) is 0 Å². The fraction of sp³-hybridized carbons (Fsp3) is 0.364. The van der Waals surface area contributed by atoms with Crippen molar-refractivity contribution in [2.75, 3.05) is 13.2 Å². The molecule has 2 aromatic heterocycles. The van der Waals surface area contributed by atoms with Gasteiger partial charge in [-0.3, -0.25) is 0 Å². The topological polar surface area (TPSA) is 70.8 Å². The number of halogens is 1. The van der Waals surface area contributed by atoms with Gasteiger partial charge in [0.1, 0.15) is 23.8 Å². The van der Waals surface area contributed by atoms with Crippen LogP contribution in [-0.2, 0) is 27.3 Å². The van der Waals surface area contributed by atoms with Gasteiger partial charge in [-0.25, -0.2) is 9.78 Å². The number of thiophene rings is 1. The van der Waals surface area contributed by atoms with Crippen LogP contribution >= 0.6 is 27.3 Å². The van der Waals surface area contributed by atoms with Crippen LogP contribution in [0.25, 0.3) is 10.8 Å². The Morgan fingerprint density at radius 3 is 2.57 bits per heavy atom. The highest BCUT2D eigenvalue weighted by Crippen LogP contribution is 2.32. The molecule has 1 atom stereocenters. The highest BCUT2D eigenvalue weighted by atomic mass is 79.9. The van der Waals surface area contributed by atoms with Gasteiger partial charge in [-0.2, -0.15) is 0 Å². The quantitative estimate of drug-likeness (QED) is 0.344. The molecule has 0 unspecified atom stereocenters. The summed E-state index contributed by atoms with van der Waals surface area (Å²) >= 11 is 5.02. The van der Waals surface area contributed by atoms with Crippen LogP contribution in [0.4, 0.5) is 0 Å². The molecule has 1 aromatic carbocycles. The number of carbonyl (C=O) groups is 1. The number of aryl methyl sites for hydroxylation is 1. The predicted octanol–water partition coefficient (Wildman–Crippen LogP) is 5.56. The number of benzene rings is 1. The van der Waals surface area contributed by atoms with Crippen LogP contribution in [0.15, 0.2) is 44.6 Å². The van der Waals surface area contributed by atoms with Gasteiger partial charge in [-0.05, 0) is 66.5 Å². The van der Waals surface area contributed by atoms with Crippen molar-refractivity contribution in [2.24, 2.45) is 0 Å². The highest BCUT2D eigenvalue weighted by molar-refractivity contribution is 9.11. The smallest absolute Gasteiger partial charge is 0.335 e. The molecule has 0 saturated heterocycles. The molecule has 0 N–H and O–H groups in total. The molecule has 160 valence electrons. The van der Waals surface area contributed by atoms with Gasteiger partial charge in [0.05, 0.1) is 15.3 Å². The van der Waals surface area contributed by atoms with Crippen LogP contribution in [0.2, 0.25) is 0 Å². The van der Waals surface area contributed by atoms with Crippen LogP contribution in [-0.4, -0.2) is 30.3 Å². The minimum atomic E-state index is -0.602. The Labute approximate surface area is 188 Å². The monoisotopic (exact) mass is 493 g/mol. The first-order valence-corrected chi connectivity index (χ1v) is 11.3. The number of aromatic nitrogens is 1. The molecule has 30 heavy (non-hydrogen) atoms. The van der Waals surface area contributed by atoms with E-state index in [-0.39, 0.29) is 5.97 Å². The number of ether oxygens (including phenoxy) is 3. The summed E-state index contributed by atoms with van der Waals surface area (Å²) in [4.78, 5) is 17.5. The van der Waals surface area contributed by atoms with Gasteiger partial charge in [-0.1, -0.05) is 12.1 Å². The summed E-state index contributed by atoms with van der Waals surface area (Å²) in [6.07, 6.45) is -0.148. The molecule has 3 aromatic rings. The standard InChI is InChI=1S/C22H24BrNO5S/c1-4-26-18(22(25)27-5-2)12-15-6-8-16(9-7-15)28-13-17-14(3)29-21(24-17)19-10-11-20(23)30-19/h6-11,18H,4-5,12-13H2,1-3H3/t18-/m0/s1. The summed E-state index contributed by atoms with van der Waals surface area (Å²) < 4.78 is 23.3. The van der Waals surface area contributed by atoms with Crippen LogP contribution in [0.5, 0.6) is 5.75 Å². The maximum Gasteiger partial charge on any atom is 0.335 e. The van der Waals surface area contributed by atoms with E-state index in [4.69, 9.17) is 18.6 Å². The molecule has 6 nitrogen and oxygen atoms in total. The molecule has 0 aliphatic carbocycles. The molecule has 0 fully saturated rings. The van der Waals surface area contributed by atoms with Gasteiger partial charge in [-0.15, -0.1) is 11.3 Å². The fourth-order valence-corrected chi connectivity index (χ4v) is 4.14. The number of rotatable bonds is 10. The molecule has 2 heterocycles. The first-order valence-electron chi connectivity index (χ1n) is 9.72. The molecule has 0 amide bonds. The van der Waals surface area contributed by atoms with E-state index in [0.29, 0.717) is 37.9 Å². The second-order valence-corrected chi connectivity index (χ2v) is 8.92. The van der Waals surface area contributed by atoms with Crippen molar-refractivity contribution < 1.29 is 23.4 Å². The second-order valence-electron chi connectivity index (χ2n) is 6.46. The molecule has 0 radical (unpaired) electrons. The first kappa shape index (κ1) is 22.5. The number of oxazole rings is 1. The molecular weight excluding hydrogens is 470 g/mol. The van der Waals surface area contributed by atoms with E-state index in [0.717, 1.165) is 25.7 Å². The van der Waals surface area contributed by atoms with Gasteiger partial charge >= 0.3 is 5.97 Å². The lowest BCUT2D eigenvalue weighted by Gasteiger charge is -2.15. The number of carbonyl (C=O) groups excluding carboxylic acids is 1. The molecule has 0 spiro atoms. The molecule has 0 aliphatic heterocycles. The summed E-state index contributed by atoms with van der Waals surface area (Å²) in [6, 6.07) is 11.5. The van der Waals surface area contributed by atoms with Crippen molar-refractivity contribution in [3.63, 3.8) is 0 Å². The van der Waals surface area contributed by atoms with Crippen molar-refractivity contribution in [1.82, 2.24) is 4.98 Å². The Morgan fingerprint density at radius 2 is 1.93 bits per heavy atom. The first-order chi connectivity index (χ1) is 14.5. The van der Waals surface area contributed by atoms with Crippen LogP contribution in [0, 0.1) is 6.92 Å². The molecular formula is C22H24BrNO5S. The zero-order chi connectivity index (χ0) is 21.5. The summed E-state index contributed by atoms with van der Waals surface area (Å²) in [6.45, 7) is 6.62. The lowest BCUT2D eigenvalue weighted by atomic mass is 10.1. The van der Waals surface area contributed by atoms with Crippen molar-refractivity contribution in [2.45, 2.75) is 39.9 Å². The Bertz CT molecular complexity index is 966. The summed E-state index contributed by atoms with van der Waals surface area (Å²) in [5.41, 5.74) is 1.73. The Balaban J connectivity index is 1.59. The third-order valence-electron chi connectivity index (χ3n) is 4.31. The van der Waals surface area contributed by atoms with Gasteiger partial charge in [0.25, 0.3) is 0 Å². The van der Waals surface area contributed by atoms with Gasteiger partial charge < -0.3 is 18.6 Å². The van der Waals surface area contributed by atoms with Gasteiger partial charge in [0, 0.05) is 13.0 Å². The highest BCUT2D eigenvalue weighted by Gasteiger charge is 2.20. The van der Waals surface area contributed by atoms with Gasteiger partial charge in [0.15, 0.2) is 6.10 Å². The lowest BCUT2D eigenvalue weighted by Crippen LogP contribution is -2.28. The Morgan fingerprint density at radius 1 is 1.17 bits per heavy atom. The Hall–Kier alpha value is -2.16. The normalized spacial score (nSPS) is 12.0. The molecule has 3 rings (SSSR count). The minimum absolute atomic E-state index is 0.311. The Kier molecular flexibility index (Phi) is 8.07. The van der Waals surface area contributed by atoms with Crippen molar-refractivity contribution in [3.05, 3.63) is 57.2 Å². The lowest BCUT2D eigenvalue weighted by molar-refractivity contribution is -0.156. The molecule has 0 bridgehead atoms. The third-order valence-corrected chi connectivity index (χ3v) is 5.93. The summed E-state index contributed by atoms with van der Waals surface area (Å²) in [5, 5.41) is 0. The van der Waals surface area contributed by atoms with Crippen LogP contribution in [0.3, 0.4) is 0 Å². The van der Waals surface area contributed by atoms with E-state index in [1.807, 2.05) is 50.2 Å². The van der Waals surface area contributed by atoms with Crippen LogP contribution < -0.4 is 4.74 Å². The summed E-state index contributed by atoms with van der Waals surface area (Å²) in [7, 11) is 0. The molecule has 0 saturated carbocycles. The molecule has 8 heteroatoms. The van der Waals surface area contributed by atoms with E-state index < -0.39 is 6.10 Å². The SMILES string of the molecule is CCOC(=O)[C@H](Cc1ccc(OCc2nc(-c3ccc(Br)s3)oc2C)cc1)OCC. The largest absolute Gasteiger partial charge is 0.487 e. The third kappa shape index (κ3) is 5.93. The zero-order valence-corrected chi connectivity index (χ0v) is 19.5. The van der Waals surface area contributed by atoms with E-state index >= 15 is 0 Å². The van der Waals surface area contributed by atoms with E-state index in [2.05, 4.69) is 20.9 Å². The van der Waals surface area contributed by atoms with E-state index in [1.165, 1.54) is 0 Å². The average Bonchev–Trinajstić information content (AvgIpc) is 3.32. The molecule has 0 aliphatic rings. The number of esters is 1. The second kappa shape index (κ2) is 10.7. The van der Waals surface area contributed by atoms with E-state index in [9.17, 15) is 4.79 Å². The van der Waals surface area contributed by atoms with Crippen molar-refractivity contribution >= 4 is 33.2 Å². The zero-order valence-electron chi connectivity index (χ0n) is 17.1. The van der Waals surface area contributed by atoms with Gasteiger partial charge in [0.2, 0.25) is 5.89 Å². The maximum atomic E-state index is 12.0. The minimum Gasteiger partial charge on any atom is -0.487 e. The average molecular weight is 494 g/mol. The van der Waals surface area contributed by atoms with Crippen LogP contribution in [0.1, 0.15) is 30.9 Å². The number of hydrogen-bond donors (Lipinski definition) is 0. The number of hydrogen-bond acceptors (Lipinski definition) is 7. The fourth-order valence-electron chi connectivity index (χ4n) is 2.83.